The summed E-state index contributed by atoms with van der Waals surface area (Å²) < 4.78 is 27.5. The van der Waals surface area contributed by atoms with Gasteiger partial charge in [-0.25, -0.2) is 8.78 Å². The molecule has 0 saturated carbocycles. The number of halogens is 2. The molecule has 0 unspecified atom stereocenters. The number of aliphatic hydroxyl groups excluding tert-OH is 1. The third kappa shape index (κ3) is 2.94. The first-order valence-corrected chi connectivity index (χ1v) is 6.34. The van der Waals surface area contributed by atoms with E-state index in [4.69, 9.17) is 5.11 Å². The summed E-state index contributed by atoms with van der Waals surface area (Å²) >= 11 is 0.642. The Morgan fingerprint density at radius 1 is 1.20 bits per heavy atom. The van der Waals surface area contributed by atoms with Crippen LogP contribution in [-0.2, 0) is 6.61 Å². The summed E-state index contributed by atoms with van der Waals surface area (Å²) in [6, 6.07) is 7.71. The normalized spacial score (nSPS) is 10.6. The summed E-state index contributed by atoms with van der Waals surface area (Å²) in [5, 5.41) is 19.7. The van der Waals surface area contributed by atoms with E-state index in [1.165, 1.54) is 18.2 Å². The predicted molar refractivity (Wildman–Crippen MR) is 69.5 cm³/mol. The van der Waals surface area contributed by atoms with Crippen molar-refractivity contribution in [2.75, 3.05) is 0 Å². The number of aliphatic hydroxyl groups is 1. The lowest BCUT2D eigenvalue weighted by atomic mass is 10.2. The third-order valence-corrected chi connectivity index (χ3v) is 3.67. The maximum atomic E-state index is 13.8. The Hall–Kier alpha value is -1.99. The maximum absolute atomic E-state index is 13.8. The second kappa shape index (κ2) is 5.98. The van der Waals surface area contributed by atoms with E-state index in [0.717, 1.165) is 12.1 Å². The van der Waals surface area contributed by atoms with Gasteiger partial charge in [-0.15, -0.1) is 0 Å². The van der Waals surface area contributed by atoms with E-state index < -0.39 is 23.2 Å². The third-order valence-electron chi connectivity index (χ3n) is 2.51. The standard InChI is InChI=1S/C13H9F2NO3S/c14-9-5-8(7-17)6-10(15)13(9)20-12-4-2-1-3-11(12)16(18)19/h1-6,17H,7H2. The Morgan fingerprint density at radius 2 is 1.80 bits per heavy atom. The number of nitro groups is 1. The molecule has 0 amide bonds. The fourth-order valence-corrected chi connectivity index (χ4v) is 2.53. The lowest BCUT2D eigenvalue weighted by Crippen LogP contribution is -1.95. The Bertz CT molecular complexity index is 641. The molecule has 0 saturated heterocycles. The molecule has 0 radical (unpaired) electrons. The number of nitro benzene ring substituents is 1. The van der Waals surface area contributed by atoms with Crippen molar-refractivity contribution in [2.45, 2.75) is 16.4 Å². The van der Waals surface area contributed by atoms with Gasteiger partial charge in [-0.3, -0.25) is 10.1 Å². The van der Waals surface area contributed by atoms with Crippen LogP contribution in [0, 0.1) is 21.7 Å². The second-order valence-corrected chi connectivity index (χ2v) is 4.93. The first-order chi connectivity index (χ1) is 9.52. The SMILES string of the molecule is O=[N+]([O-])c1ccccc1Sc1c(F)cc(CO)cc1F. The molecule has 0 aliphatic rings. The molecule has 0 aromatic heterocycles. The summed E-state index contributed by atoms with van der Waals surface area (Å²) in [6.45, 7) is -0.482. The van der Waals surface area contributed by atoms with E-state index in [1.807, 2.05) is 0 Å². The fraction of sp³-hybridized carbons (Fsp3) is 0.0769. The van der Waals surface area contributed by atoms with Gasteiger partial charge in [0.05, 0.1) is 21.3 Å². The molecule has 1 N–H and O–H groups in total. The number of benzene rings is 2. The number of para-hydroxylation sites is 1. The van der Waals surface area contributed by atoms with Crippen molar-refractivity contribution in [3.8, 4) is 0 Å². The Morgan fingerprint density at radius 3 is 2.35 bits per heavy atom. The van der Waals surface area contributed by atoms with E-state index in [1.54, 1.807) is 6.07 Å². The number of hydrogen-bond donors (Lipinski definition) is 1. The van der Waals surface area contributed by atoms with Crippen LogP contribution in [0.4, 0.5) is 14.5 Å². The molecule has 0 atom stereocenters. The van der Waals surface area contributed by atoms with Crippen molar-refractivity contribution in [1.82, 2.24) is 0 Å². The van der Waals surface area contributed by atoms with Crippen LogP contribution in [0.5, 0.6) is 0 Å². The first-order valence-electron chi connectivity index (χ1n) is 5.53. The molecule has 2 aromatic rings. The van der Waals surface area contributed by atoms with E-state index in [0.29, 0.717) is 11.8 Å². The Labute approximate surface area is 117 Å². The van der Waals surface area contributed by atoms with E-state index >= 15 is 0 Å². The highest BCUT2D eigenvalue weighted by Gasteiger charge is 2.18. The maximum Gasteiger partial charge on any atom is 0.283 e. The molecule has 0 aliphatic heterocycles. The molecule has 7 heteroatoms. The lowest BCUT2D eigenvalue weighted by molar-refractivity contribution is -0.387. The van der Waals surface area contributed by atoms with Crippen LogP contribution in [0.1, 0.15) is 5.56 Å². The molecule has 0 spiro atoms. The minimum atomic E-state index is -0.864. The van der Waals surface area contributed by atoms with Gasteiger partial charge >= 0.3 is 0 Å². The monoisotopic (exact) mass is 297 g/mol. The van der Waals surface area contributed by atoms with Gasteiger partial charge in [-0.2, -0.15) is 0 Å². The Balaban J connectivity index is 2.43. The van der Waals surface area contributed by atoms with Crippen molar-refractivity contribution in [3.63, 3.8) is 0 Å². The van der Waals surface area contributed by atoms with Crippen molar-refractivity contribution in [1.29, 1.82) is 0 Å². The second-order valence-electron chi connectivity index (χ2n) is 3.87. The minimum absolute atomic E-state index is 0.104. The summed E-state index contributed by atoms with van der Waals surface area (Å²) in [6.07, 6.45) is 0. The van der Waals surface area contributed by atoms with Gasteiger partial charge in [-0.1, -0.05) is 23.9 Å². The molecule has 4 nitrogen and oxygen atoms in total. The van der Waals surface area contributed by atoms with Crippen LogP contribution in [0.2, 0.25) is 0 Å². The van der Waals surface area contributed by atoms with Crippen LogP contribution in [0.3, 0.4) is 0 Å². The van der Waals surface area contributed by atoms with Crippen LogP contribution in [-0.4, -0.2) is 10.0 Å². The quantitative estimate of drug-likeness (QED) is 0.693. The smallest absolute Gasteiger partial charge is 0.283 e. The predicted octanol–water partition coefficient (Wildman–Crippen LogP) is 3.52. The summed E-state index contributed by atoms with van der Waals surface area (Å²) in [7, 11) is 0. The largest absolute Gasteiger partial charge is 0.392 e. The molecule has 104 valence electrons. The lowest BCUT2D eigenvalue weighted by Gasteiger charge is -2.07. The molecule has 2 aromatic carbocycles. The number of rotatable bonds is 4. The molecule has 2 rings (SSSR count). The van der Waals surface area contributed by atoms with Crippen LogP contribution < -0.4 is 0 Å². The number of nitrogens with zero attached hydrogens (tertiary/aromatic N) is 1. The molecular formula is C13H9F2NO3S. The van der Waals surface area contributed by atoms with Gasteiger partial charge in [-0.05, 0) is 23.8 Å². The highest BCUT2D eigenvalue weighted by Crippen LogP contribution is 2.37. The highest BCUT2D eigenvalue weighted by atomic mass is 32.2. The van der Waals surface area contributed by atoms with Gasteiger partial charge in [0.2, 0.25) is 0 Å². The fourth-order valence-electron chi connectivity index (χ4n) is 1.61. The zero-order chi connectivity index (χ0) is 14.7. The molecular weight excluding hydrogens is 288 g/mol. The molecule has 20 heavy (non-hydrogen) atoms. The van der Waals surface area contributed by atoms with Crippen LogP contribution in [0.25, 0.3) is 0 Å². The van der Waals surface area contributed by atoms with Crippen molar-refractivity contribution in [2.24, 2.45) is 0 Å². The molecule has 0 heterocycles. The van der Waals surface area contributed by atoms with Crippen LogP contribution in [0.15, 0.2) is 46.2 Å². The van der Waals surface area contributed by atoms with Gasteiger partial charge < -0.3 is 5.11 Å². The Kier molecular flexibility index (Phi) is 4.31. The zero-order valence-electron chi connectivity index (χ0n) is 10.0. The molecule has 0 bridgehead atoms. The first kappa shape index (κ1) is 14.4. The minimum Gasteiger partial charge on any atom is -0.392 e. The van der Waals surface area contributed by atoms with E-state index in [9.17, 15) is 18.9 Å². The average molecular weight is 297 g/mol. The van der Waals surface area contributed by atoms with Crippen molar-refractivity contribution < 1.29 is 18.8 Å². The highest BCUT2D eigenvalue weighted by molar-refractivity contribution is 7.99. The van der Waals surface area contributed by atoms with Gasteiger partial charge in [0, 0.05) is 6.07 Å². The van der Waals surface area contributed by atoms with E-state index in [2.05, 4.69) is 0 Å². The summed E-state index contributed by atoms with van der Waals surface area (Å²) in [4.78, 5) is 10.1. The van der Waals surface area contributed by atoms with E-state index in [-0.39, 0.29) is 21.0 Å². The summed E-state index contributed by atoms with van der Waals surface area (Å²) in [5.74, 6) is -1.73. The average Bonchev–Trinajstić information content (AvgIpc) is 2.42. The topological polar surface area (TPSA) is 63.4 Å². The number of hydrogen-bond acceptors (Lipinski definition) is 4. The van der Waals surface area contributed by atoms with Crippen molar-refractivity contribution >= 4 is 17.4 Å². The van der Waals surface area contributed by atoms with Gasteiger partial charge in [0.25, 0.3) is 5.69 Å². The van der Waals surface area contributed by atoms with Crippen LogP contribution >= 0.6 is 11.8 Å². The summed E-state index contributed by atoms with van der Waals surface area (Å²) in [5.41, 5.74) is -0.116. The van der Waals surface area contributed by atoms with Gasteiger partial charge in [0.15, 0.2) is 0 Å². The molecule has 0 fully saturated rings. The van der Waals surface area contributed by atoms with Crippen molar-refractivity contribution in [3.05, 3.63) is 63.7 Å². The molecule has 0 aliphatic carbocycles. The zero-order valence-corrected chi connectivity index (χ0v) is 10.9. The van der Waals surface area contributed by atoms with Gasteiger partial charge in [0.1, 0.15) is 11.6 Å².